The Bertz CT molecular complexity index is 902. The van der Waals surface area contributed by atoms with E-state index in [2.05, 4.69) is 27.3 Å². The van der Waals surface area contributed by atoms with Crippen LogP contribution in [0.1, 0.15) is 5.69 Å². The topological polar surface area (TPSA) is 54.5 Å². The zero-order valence-corrected chi connectivity index (χ0v) is 12.0. The summed E-state index contributed by atoms with van der Waals surface area (Å²) in [5.41, 5.74) is 3.78. The van der Waals surface area contributed by atoms with Gasteiger partial charge >= 0.3 is 0 Å². The lowest BCUT2D eigenvalue weighted by Gasteiger charge is -2.03. The Kier molecular flexibility index (Phi) is 3.05. The van der Waals surface area contributed by atoms with Gasteiger partial charge in [0.05, 0.1) is 28.4 Å². The molecular formula is C16H12N4S. The van der Waals surface area contributed by atoms with Gasteiger partial charge in [-0.05, 0) is 24.3 Å². The average molecular weight is 292 g/mol. The molecule has 0 saturated carbocycles. The summed E-state index contributed by atoms with van der Waals surface area (Å²) in [5.74, 6) is 0.816. The third kappa shape index (κ3) is 2.48. The van der Waals surface area contributed by atoms with E-state index >= 15 is 0 Å². The van der Waals surface area contributed by atoms with Crippen molar-refractivity contribution in [3.8, 4) is 0 Å². The number of aromatic nitrogens is 4. The highest BCUT2D eigenvalue weighted by Gasteiger charge is 2.04. The minimum Gasteiger partial charge on any atom is -0.278 e. The molecule has 4 nitrogen and oxygen atoms in total. The van der Waals surface area contributed by atoms with E-state index in [1.165, 1.54) is 4.90 Å². The first-order valence-corrected chi connectivity index (χ1v) is 7.64. The number of aromatic amines is 1. The van der Waals surface area contributed by atoms with Crippen molar-refractivity contribution in [2.24, 2.45) is 0 Å². The van der Waals surface area contributed by atoms with Crippen molar-refractivity contribution in [2.75, 3.05) is 0 Å². The van der Waals surface area contributed by atoms with Crippen LogP contribution in [0.4, 0.5) is 0 Å². The number of benzene rings is 2. The summed E-state index contributed by atoms with van der Waals surface area (Å²) in [5, 5.41) is 8.05. The van der Waals surface area contributed by atoms with Crippen LogP contribution in [0.25, 0.3) is 21.9 Å². The summed E-state index contributed by atoms with van der Waals surface area (Å²) in [4.78, 5) is 10.4. The fourth-order valence-electron chi connectivity index (χ4n) is 2.23. The fraction of sp³-hybridized carbons (Fsp3) is 0.0625. The predicted molar refractivity (Wildman–Crippen MR) is 85.2 cm³/mol. The van der Waals surface area contributed by atoms with Gasteiger partial charge in [0.15, 0.2) is 0 Å². The largest absolute Gasteiger partial charge is 0.278 e. The number of thioether (sulfide) groups is 1. The second kappa shape index (κ2) is 5.18. The number of H-pyrrole nitrogens is 1. The minimum atomic E-state index is 0.816. The molecule has 0 radical (unpaired) electrons. The predicted octanol–water partition coefficient (Wildman–Crippen LogP) is 3.80. The zero-order valence-electron chi connectivity index (χ0n) is 11.2. The summed E-state index contributed by atoms with van der Waals surface area (Å²) in [7, 11) is 0. The van der Waals surface area contributed by atoms with Crippen LogP contribution in [-0.2, 0) is 5.75 Å². The maximum absolute atomic E-state index is 4.70. The van der Waals surface area contributed by atoms with E-state index in [9.17, 15) is 0 Å². The van der Waals surface area contributed by atoms with Crippen LogP contribution in [0.3, 0.4) is 0 Å². The van der Waals surface area contributed by atoms with E-state index in [1.807, 2.05) is 42.7 Å². The molecule has 0 amide bonds. The molecule has 1 N–H and O–H groups in total. The molecule has 0 aliphatic rings. The number of nitrogens with zero attached hydrogens (tertiary/aromatic N) is 3. The molecule has 0 atom stereocenters. The highest BCUT2D eigenvalue weighted by atomic mass is 32.2. The highest BCUT2D eigenvalue weighted by molar-refractivity contribution is 7.98. The van der Waals surface area contributed by atoms with Crippen LogP contribution in [0.2, 0.25) is 0 Å². The van der Waals surface area contributed by atoms with Crippen LogP contribution < -0.4 is 0 Å². The quantitative estimate of drug-likeness (QED) is 0.584. The first kappa shape index (κ1) is 12.3. The first-order chi connectivity index (χ1) is 10.4. The molecule has 2 aromatic carbocycles. The second-order valence-corrected chi connectivity index (χ2v) is 5.81. The normalized spacial score (nSPS) is 11.2. The molecule has 0 saturated heterocycles. The van der Waals surface area contributed by atoms with E-state index in [4.69, 9.17) is 4.98 Å². The molecule has 4 aromatic rings. The van der Waals surface area contributed by atoms with Gasteiger partial charge in [0, 0.05) is 22.2 Å². The molecule has 2 heterocycles. The molecule has 21 heavy (non-hydrogen) atoms. The second-order valence-electron chi connectivity index (χ2n) is 4.76. The molecule has 0 aliphatic heterocycles. The van der Waals surface area contributed by atoms with Gasteiger partial charge in [-0.3, -0.25) is 10.1 Å². The minimum absolute atomic E-state index is 0.816. The maximum atomic E-state index is 4.70. The Labute approximate surface area is 125 Å². The zero-order chi connectivity index (χ0) is 14.1. The third-order valence-corrected chi connectivity index (χ3v) is 4.33. The van der Waals surface area contributed by atoms with Gasteiger partial charge in [-0.15, -0.1) is 11.8 Å². The van der Waals surface area contributed by atoms with Gasteiger partial charge < -0.3 is 0 Å². The SMILES string of the molecule is c1ccc(SCc2cnc3cc4[nH]ncc4cc3n2)cc1. The molecule has 4 rings (SSSR count). The Balaban J connectivity index is 1.65. The van der Waals surface area contributed by atoms with E-state index in [-0.39, 0.29) is 0 Å². The van der Waals surface area contributed by atoms with Crippen molar-refractivity contribution in [3.05, 3.63) is 60.6 Å². The molecule has 0 unspecified atom stereocenters. The standard InChI is InChI=1S/C16H12N4S/c1-2-4-13(5-3-1)21-10-12-9-17-15-7-14-11(8-18-20-14)6-16(15)19-12/h1-9H,10H2,(H,18,20). The summed E-state index contributed by atoms with van der Waals surface area (Å²) in [6.45, 7) is 0. The van der Waals surface area contributed by atoms with E-state index < -0.39 is 0 Å². The van der Waals surface area contributed by atoms with Crippen LogP contribution in [0.5, 0.6) is 0 Å². The first-order valence-electron chi connectivity index (χ1n) is 6.65. The highest BCUT2D eigenvalue weighted by Crippen LogP contribution is 2.23. The van der Waals surface area contributed by atoms with E-state index in [1.54, 1.807) is 11.8 Å². The van der Waals surface area contributed by atoms with Crippen molar-refractivity contribution < 1.29 is 0 Å². The van der Waals surface area contributed by atoms with Crippen molar-refractivity contribution in [2.45, 2.75) is 10.6 Å². The van der Waals surface area contributed by atoms with Gasteiger partial charge in [-0.1, -0.05) is 18.2 Å². The number of rotatable bonds is 3. The van der Waals surface area contributed by atoms with Gasteiger partial charge in [-0.25, -0.2) is 4.98 Å². The molecule has 102 valence electrons. The number of fused-ring (bicyclic) bond motifs is 2. The van der Waals surface area contributed by atoms with Crippen molar-refractivity contribution in [1.82, 2.24) is 20.2 Å². The van der Waals surface area contributed by atoms with Crippen molar-refractivity contribution in [3.63, 3.8) is 0 Å². The van der Waals surface area contributed by atoms with Gasteiger partial charge in [0.2, 0.25) is 0 Å². The molecule has 0 spiro atoms. The van der Waals surface area contributed by atoms with E-state index in [0.717, 1.165) is 33.4 Å². The lowest BCUT2D eigenvalue weighted by molar-refractivity contribution is 1.12. The third-order valence-electron chi connectivity index (χ3n) is 3.28. The van der Waals surface area contributed by atoms with Crippen molar-refractivity contribution in [1.29, 1.82) is 0 Å². The summed E-state index contributed by atoms with van der Waals surface area (Å²) < 4.78 is 0. The number of nitrogens with one attached hydrogen (secondary N) is 1. The fourth-order valence-corrected chi connectivity index (χ4v) is 3.04. The van der Waals surface area contributed by atoms with Gasteiger partial charge in [0.1, 0.15) is 0 Å². The summed E-state index contributed by atoms with van der Waals surface area (Å²) >= 11 is 1.77. The maximum Gasteiger partial charge on any atom is 0.0908 e. The Hall–Kier alpha value is -2.40. The number of hydrogen-bond donors (Lipinski definition) is 1. The Morgan fingerprint density at radius 2 is 1.90 bits per heavy atom. The molecule has 0 aliphatic carbocycles. The Morgan fingerprint density at radius 1 is 1.00 bits per heavy atom. The Morgan fingerprint density at radius 3 is 2.81 bits per heavy atom. The molecule has 0 bridgehead atoms. The van der Waals surface area contributed by atoms with Gasteiger partial charge in [0.25, 0.3) is 0 Å². The van der Waals surface area contributed by atoms with Crippen LogP contribution in [0, 0.1) is 0 Å². The average Bonchev–Trinajstić information content (AvgIpc) is 2.98. The van der Waals surface area contributed by atoms with Crippen LogP contribution >= 0.6 is 11.8 Å². The van der Waals surface area contributed by atoms with Gasteiger partial charge in [-0.2, -0.15) is 5.10 Å². The molecular weight excluding hydrogens is 280 g/mol. The van der Waals surface area contributed by atoms with E-state index in [0.29, 0.717) is 0 Å². The van der Waals surface area contributed by atoms with Crippen molar-refractivity contribution >= 4 is 33.7 Å². The smallest absolute Gasteiger partial charge is 0.0908 e. The summed E-state index contributed by atoms with van der Waals surface area (Å²) in [6, 6.07) is 14.3. The van der Waals surface area contributed by atoms with Crippen LogP contribution in [0.15, 0.2) is 59.8 Å². The number of hydrogen-bond acceptors (Lipinski definition) is 4. The lowest BCUT2D eigenvalue weighted by atomic mass is 10.2. The monoisotopic (exact) mass is 292 g/mol. The lowest BCUT2D eigenvalue weighted by Crippen LogP contribution is -1.91. The van der Waals surface area contributed by atoms with Crippen LogP contribution in [-0.4, -0.2) is 20.2 Å². The molecule has 2 aromatic heterocycles. The molecule has 0 fully saturated rings. The summed E-state index contributed by atoms with van der Waals surface area (Å²) in [6.07, 6.45) is 3.66. The molecule has 5 heteroatoms.